The molecule has 0 aromatic heterocycles. The maximum absolute atomic E-state index is 12.7. The first-order valence-electron chi connectivity index (χ1n) is 9.22. The van der Waals surface area contributed by atoms with E-state index in [-0.39, 0.29) is 10.8 Å². The molecule has 0 bridgehead atoms. The third-order valence-corrected chi connectivity index (χ3v) is 6.08. The highest BCUT2D eigenvalue weighted by Gasteiger charge is 2.18. The Morgan fingerprint density at radius 1 is 1.11 bits per heavy atom. The van der Waals surface area contributed by atoms with Crippen molar-refractivity contribution < 1.29 is 13.2 Å². The monoisotopic (exact) mass is 399 g/mol. The first kappa shape index (κ1) is 20.1. The highest BCUT2D eigenvalue weighted by Crippen LogP contribution is 2.20. The fourth-order valence-electron chi connectivity index (χ4n) is 2.97. The lowest BCUT2D eigenvalue weighted by atomic mass is 10.1. The van der Waals surface area contributed by atoms with Gasteiger partial charge < -0.3 is 10.6 Å². The first-order chi connectivity index (χ1) is 13.3. The quantitative estimate of drug-likeness (QED) is 0.652. The highest BCUT2D eigenvalue weighted by molar-refractivity contribution is 7.92. The molecule has 0 saturated carbocycles. The number of sulfonamides is 1. The van der Waals surface area contributed by atoms with E-state index in [0.29, 0.717) is 17.8 Å². The van der Waals surface area contributed by atoms with Gasteiger partial charge in [0.15, 0.2) is 0 Å². The molecule has 7 heteroatoms. The number of benzene rings is 2. The summed E-state index contributed by atoms with van der Waals surface area (Å²) in [6.07, 6.45) is 2.97. The molecule has 148 valence electrons. The SMILES string of the molecule is Cc1ccc(NS(=O)(=O)c2ccc(C)c(C(=O)NCC3=CCNCC3)c2)cc1. The molecule has 28 heavy (non-hydrogen) atoms. The Morgan fingerprint density at radius 2 is 1.86 bits per heavy atom. The zero-order valence-electron chi connectivity index (χ0n) is 16.1. The van der Waals surface area contributed by atoms with Gasteiger partial charge in [-0.25, -0.2) is 8.42 Å². The number of anilines is 1. The van der Waals surface area contributed by atoms with Crippen LogP contribution in [0.5, 0.6) is 0 Å². The molecule has 0 aliphatic carbocycles. The minimum Gasteiger partial charge on any atom is -0.348 e. The molecule has 3 N–H and O–H groups in total. The lowest BCUT2D eigenvalue weighted by molar-refractivity contribution is 0.0956. The van der Waals surface area contributed by atoms with Crippen molar-refractivity contribution in [3.8, 4) is 0 Å². The van der Waals surface area contributed by atoms with E-state index < -0.39 is 10.0 Å². The fourth-order valence-corrected chi connectivity index (χ4v) is 4.05. The predicted molar refractivity (Wildman–Crippen MR) is 111 cm³/mol. The average molecular weight is 400 g/mol. The molecule has 0 saturated heterocycles. The summed E-state index contributed by atoms with van der Waals surface area (Å²) in [6.45, 7) is 5.91. The lowest BCUT2D eigenvalue weighted by Crippen LogP contribution is -2.30. The second-order valence-corrected chi connectivity index (χ2v) is 8.63. The molecular formula is C21H25N3O3S. The second kappa shape index (κ2) is 8.58. The number of aryl methyl sites for hydroxylation is 2. The Kier molecular flexibility index (Phi) is 6.16. The average Bonchev–Trinajstić information content (AvgIpc) is 2.69. The van der Waals surface area contributed by atoms with E-state index in [1.54, 1.807) is 25.1 Å². The van der Waals surface area contributed by atoms with Gasteiger partial charge in [-0.3, -0.25) is 9.52 Å². The number of hydrogen-bond acceptors (Lipinski definition) is 4. The number of carbonyl (C=O) groups is 1. The zero-order chi connectivity index (χ0) is 20.1. The fraction of sp³-hybridized carbons (Fsp3) is 0.286. The summed E-state index contributed by atoms with van der Waals surface area (Å²) < 4.78 is 28.0. The minimum absolute atomic E-state index is 0.0601. The molecule has 2 aromatic rings. The molecule has 0 unspecified atom stereocenters. The molecule has 0 spiro atoms. The maximum atomic E-state index is 12.7. The normalized spacial score (nSPS) is 14.3. The number of rotatable bonds is 6. The van der Waals surface area contributed by atoms with Crippen molar-refractivity contribution in [3.05, 3.63) is 70.8 Å². The predicted octanol–water partition coefficient (Wildman–Crippen LogP) is 2.75. The van der Waals surface area contributed by atoms with Crippen molar-refractivity contribution in [2.75, 3.05) is 24.4 Å². The summed E-state index contributed by atoms with van der Waals surface area (Å²) in [5, 5.41) is 6.12. The lowest BCUT2D eigenvalue weighted by Gasteiger charge is -2.15. The number of hydrogen-bond donors (Lipinski definition) is 3. The molecule has 1 aliphatic rings. The molecule has 0 radical (unpaired) electrons. The third-order valence-electron chi connectivity index (χ3n) is 4.70. The van der Waals surface area contributed by atoms with Crippen LogP contribution in [0.3, 0.4) is 0 Å². The van der Waals surface area contributed by atoms with E-state index in [1.165, 1.54) is 17.7 Å². The number of amides is 1. The molecule has 2 aromatic carbocycles. The molecular weight excluding hydrogens is 374 g/mol. The van der Waals surface area contributed by atoms with E-state index >= 15 is 0 Å². The van der Waals surface area contributed by atoms with Crippen molar-refractivity contribution in [1.29, 1.82) is 0 Å². The standard InChI is InChI=1S/C21H25N3O3S/c1-15-3-6-18(7-4-15)24-28(26,27)19-8-5-16(2)20(13-19)21(25)23-14-17-9-11-22-12-10-17/h3-9,13,22,24H,10-12,14H2,1-2H3,(H,23,25). The van der Waals surface area contributed by atoms with Crippen LogP contribution in [0.1, 0.15) is 27.9 Å². The van der Waals surface area contributed by atoms with Crippen molar-refractivity contribution in [3.63, 3.8) is 0 Å². The Bertz CT molecular complexity index is 996. The minimum atomic E-state index is -3.78. The smallest absolute Gasteiger partial charge is 0.261 e. The molecule has 1 heterocycles. The largest absolute Gasteiger partial charge is 0.348 e. The van der Waals surface area contributed by atoms with Gasteiger partial charge in [0.2, 0.25) is 0 Å². The van der Waals surface area contributed by atoms with Gasteiger partial charge in [0.05, 0.1) is 4.90 Å². The topological polar surface area (TPSA) is 87.3 Å². The summed E-state index contributed by atoms with van der Waals surface area (Å²) in [5.41, 5.74) is 3.79. The van der Waals surface area contributed by atoms with Gasteiger partial charge in [-0.2, -0.15) is 0 Å². The molecule has 0 atom stereocenters. The van der Waals surface area contributed by atoms with Gasteiger partial charge in [-0.05, 0) is 56.6 Å². The van der Waals surface area contributed by atoms with Gasteiger partial charge in [0, 0.05) is 24.3 Å². The van der Waals surface area contributed by atoms with E-state index in [2.05, 4.69) is 21.4 Å². The van der Waals surface area contributed by atoms with E-state index in [1.807, 2.05) is 19.1 Å². The van der Waals surface area contributed by atoms with Crippen LogP contribution in [0.15, 0.2) is 59.0 Å². The Labute approximate surface area is 166 Å². The molecule has 3 rings (SSSR count). The summed E-state index contributed by atoms with van der Waals surface area (Å²) in [4.78, 5) is 12.7. The van der Waals surface area contributed by atoms with Crippen molar-refractivity contribution >= 4 is 21.6 Å². The first-order valence-corrected chi connectivity index (χ1v) is 10.7. The Balaban J connectivity index is 1.76. The summed E-state index contributed by atoms with van der Waals surface area (Å²) >= 11 is 0. The van der Waals surface area contributed by atoms with Gasteiger partial charge in [-0.15, -0.1) is 0 Å². The van der Waals surface area contributed by atoms with Crippen LogP contribution in [0.2, 0.25) is 0 Å². The number of carbonyl (C=O) groups excluding carboxylic acids is 1. The van der Waals surface area contributed by atoms with Crippen LogP contribution in [0.25, 0.3) is 0 Å². The summed E-state index contributed by atoms with van der Waals surface area (Å²) in [7, 11) is -3.78. The zero-order valence-corrected chi connectivity index (χ0v) is 16.9. The molecule has 0 fully saturated rings. The Hall–Kier alpha value is -2.64. The highest BCUT2D eigenvalue weighted by atomic mass is 32.2. The van der Waals surface area contributed by atoms with Gasteiger partial charge in [0.1, 0.15) is 0 Å². The van der Waals surface area contributed by atoms with E-state index in [0.717, 1.165) is 30.6 Å². The summed E-state index contributed by atoms with van der Waals surface area (Å²) in [6, 6.07) is 11.7. The van der Waals surface area contributed by atoms with Crippen LogP contribution in [-0.2, 0) is 10.0 Å². The van der Waals surface area contributed by atoms with Gasteiger partial charge in [-0.1, -0.05) is 35.4 Å². The second-order valence-electron chi connectivity index (χ2n) is 6.95. The Morgan fingerprint density at radius 3 is 2.54 bits per heavy atom. The maximum Gasteiger partial charge on any atom is 0.261 e. The number of nitrogens with one attached hydrogen (secondary N) is 3. The summed E-state index contributed by atoms with van der Waals surface area (Å²) in [5.74, 6) is -0.274. The van der Waals surface area contributed by atoms with Crippen LogP contribution in [0.4, 0.5) is 5.69 Å². The van der Waals surface area contributed by atoms with E-state index in [4.69, 9.17) is 0 Å². The molecule has 6 nitrogen and oxygen atoms in total. The van der Waals surface area contributed by atoms with Crippen molar-refractivity contribution in [2.45, 2.75) is 25.2 Å². The molecule has 1 amide bonds. The van der Waals surface area contributed by atoms with Gasteiger partial charge in [0.25, 0.3) is 15.9 Å². The van der Waals surface area contributed by atoms with Crippen LogP contribution in [0, 0.1) is 13.8 Å². The van der Waals surface area contributed by atoms with Crippen molar-refractivity contribution in [1.82, 2.24) is 10.6 Å². The van der Waals surface area contributed by atoms with Crippen LogP contribution >= 0.6 is 0 Å². The van der Waals surface area contributed by atoms with Crippen LogP contribution in [-0.4, -0.2) is 34.0 Å². The molecule has 1 aliphatic heterocycles. The van der Waals surface area contributed by atoms with Crippen molar-refractivity contribution in [2.24, 2.45) is 0 Å². The third kappa shape index (κ3) is 4.99. The van der Waals surface area contributed by atoms with Crippen LogP contribution < -0.4 is 15.4 Å². The van der Waals surface area contributed by atoms with Gasteiger partial charge >= 0.3 is 0 Å². The van der Waals surface area contributed by atoms with E-state index in [9.17, 15) is 13.2 Å².